The van der Waals surface area contributed by atoms with Crippen LogP contribution in [0.5, 0.6) is 0 Å². The van der Waals surface area contributed by atoms with Crippen molar-refractivity contribution in [1.29, 1.82) is 0 Å². The largest absolute Gasteiger partial charge is 0.444 e. The molecule has 1 aromatic heterocycles. The van der Waals surface area contributed by atoms with E-state index in [2.05, 4.69) is 35.3 Å². The first kappa shape index (κ1) is 15.7. The number of ether oxygens (including phenoxy) is 1. The molecule has 0 spiro atoms. The van der Waals surface area contributed by atoms with Gasteiger partial charge in [-0.25, -0.2) is 4.79 Å². The minimum absolute atomic E-state index is 0.0357. The van der Waals surface area contributed by atoms with Gasteiger partial charge in [0.25, 0.3) is 0 Å². The van der Waals surface area contributed by atoms with Crippen LogP contribution in [-0.2, 0) is 4.74 Å². The average molecular weight is 342 g/mol. The first-order valence-corrected chi connectivity index (χ1v) is 9.41. The summed E-state index contributed by atoms with van der Waals surface area (Å²) in [6.07, 6.45) is 1.99. The fourth-order valence-electron chi connectivity index (χ4n) is 3.74. The first-order chi connectivity index (χ1) is 11.7. The van der Waals surface area contributed by atoms with Gasteiger partial charge in [0, 0.05) is 6.54 Å². The highest BCUT2D eigenvalue weighted by Gasteiger charge is 2.36. The van der Waals surface area contributed by atoms with Gasteiger partial charge in [-0.15, -0.1) is 11.3 Å². The second-order valence-electron chi connectivity index (χ2n) is 6.74. The Kier molecular flexibility index (Phi) is 4.29. The highest BCUT2D eigenvalue weighted by atomic mass is 32.1. The minimum atomic E-state index is -0.332. The maximum atomic E-state index is 12.4. The molecule has 24 heavy (non-hydrogen) atoms. The molecule has 3 aliphatic rings. The zero-order valence-corrected chi connectivity index (χ0v) is 14.6. The van der Waals surface area contributed by atoms with Gasteiger partial charge < -0.3 is 4.74 Å². The molecule has 5 rings (SSSR count). The molecule has 0 saturated carbocycles. The van der Waals surface area contributed by atoms with E-state index >= 15 is 0 Å². The number of fused-ring (bicyclic) bond motifs is 3. The summed E-state index contributed by atoms with van der Waals surface area (Å²) in [6.45, 7) is 5.25. The van der Waals surface area contributed by atoms with Gasteiger partial charge in [0.1, 0.15) is 6.10 Å². The predicted molar refractivity (Wildman–Crippen MR) is 97.5 cm³/mol. The number of hydrogen-bond donors (Lipinski definition) is 1. The number of nitrogens with one attached hydrogen (secondary N) is 1. The summed E-state index contributed by atoms with van der Waals surface area (Å²) < 4.78 is 5.73. The molecule has 3 saturated heterocycles. The Balaban J connectivity index is 1.44. The molecule has 3 aliphatic heterocycles. The molecule has 1 N–H and O–H groups in total. The highest BCUT2D eigenvalue weighted by molar-refractivity contribution is 7.14. The summed E-state index contributed by atoms with van der Waals surface area (Å²) in [5, 5.41) is 4.95. The molecule has 5 heteroatoms. The Morgan fingerprint density at radius 2 is 2.12 bits per heavy atom. The van der Waals surface area contributed by atoms with E-state index < -0.39 is 0 Å². The minimum Gasteiger partial charge on any atom is -0.444 e. The molecule has 1 unspecified atom stereocenters. The van der Waals surface area contributed by atoms with E-state index in [1.165, 1.54) is 5.56 Å². The molecule has 2 bridgehead atoms. The molecule has 4 nitrogen and oxygen atoms in total. The van der Waals surface area contributed by atoms with Gasteiger partial charge in [-0.2, -0.15) is 0 Å². The average Bonchev–Trinajstić information content (AvgIpc) is 3.04. The van der Waals surface area contributed by atoms with Crippen LogP contribution in [0, 0.1) is 12.8 Å². The van der Waals surface area contributed by atoms with Gasteiger partial charge in [0.05, 0.1) is 10.6 Å². The van der Waals surface area contributed by atoms with Crippen molar-refractivity contribution in [2.45, 2.75) is 25.9 Å². The zero-order valence-electron chi connectivity index (χ0n) is 13.8. The van der Waals surface area contributed by atoms with E-state index in [-0.39, 0.29) is 12.2 Å². The van der Waals surface area contributed by atoms with E-state index in [0.29, 0.717) is 5.92 Å². The summed E-state index contributed by atoms with van der Waals surface area (Å²) in [7, 11) is 0. The van der Waals surface area contributed by atoms with E-state index in [9.17, 15) is 4.79 Å². The van der Waals surface area contributed by atoms with Crippen molar-refractivity contribution in [1.82, 2.24) is 4.90 Å². The second-order valence-corrected chi connectivity index (χ2v) is 7.66. The number of rotatable bonds is 3. The Hall–Kier alpha value is -1.85. The van der Waals surface area contributed by atoms with Crippen molar-refractivity contribution >= 4 is 23.1 Å². The van der Waals surface area contributed by atoms with Crippen molar-refractivity contribution in [3.05, 3.63) is 41.3 Å². The van der Waals surface area contributed by atoms with E-state index in [1.54, 1.807) is 11.3 Å². The van der Waals surface area contributed by atoms with Crippen molar-refractivity contribution in [3.63, 3.8) is 0 Å². The van der Waals surface area contributed by atoms with E-state index in [4.69, 9.17) is 4.74 Å². The normalized spacial score (nSPS) is 25.5. The van der Waals surface area contributed by atoms with Crippen molar-refractivity contribution in [2.75, 3.05) is 25.0 Å². The quantitative estimate of drug-likeness (QED) is 0.901. The van der Waals surface area contributed by atoms with Gasteiger partial charge in [0.15, 0.2) is 0 Å². The smallest absolute Gasteiger partial charge is 0.411 e. The highest BCUT2D eigenvalue weighted by Crippen LogP contribution is 2.35. The molecule has 1 atom stereocenters. The molecule has 1 amide bonds. The summed E-state index contributed by atoms with van der Waals surface area (Å²) >= 11 is 1.63. The third kappa shape index (κ3) is 3.19. The lowest BCUT2D eigenvalue weighted by molar-refractivity contribution is -0.0289. The number of nitrogens with zero attached hydrogens (tertiary/aromatic N) is 1. The molecular formula is C19H22N2O2S. The Morgan fingerprint density at radius 1 is 1.29 bits per heavy atom. The number of aryl methyl sites for hydroxylation is 1. The van der Waals surface area contributed by atoms with Crippen LogP contribution in [-0.4, -0.2) is 36.7 Å². The van der Waals surface area contributed by atoms with Crippen LogP contribution < -0.4 is 5.32 Å². The molecule has 2 aromatic rings. The maximum absolute atomic E-state index is 12.4. The fourth-order valence-corrected chi connectivity index (χ4v) is 4.59. The molecule has 1 aromatic carbocycles. The van der Waals surface area contributed by atoms with Crippen LogP contribution in [0.25, 0.3) is 10.4 Å². The molecule has 0 radical (unpaired) electrons. The molecule has 126 valence electrons. The molecule has 0 aliphatic carbocycles. The second kappa shape index (κ2) is 6.57. The number of piperidine rings is 3. The number of carbonyl (C=O) groups excluding carboxylic acids is 1. The number of hydrogen-bond acceptors (Lipinski definition) is 4. The van der Waals surface area contributed by atoms with Gasteiger partial charge in [0.2, 0.25) is 0 Å². The Morgan fingerprint density at radius 3 is 2.83 bits per heavy atom. The lowest BCUT2D eigenvalue weighted by Crippen LogP contribution is -2.52. The number of amides is 1. The van der Waals surface area contributed by atoms with Gasteiger partial charge in [-0.3, -0.25) is 10.2 Å². The Bertz CT molecular complexity index is 734. The fraction of sp³-hybridized carbons (Fsp3) is 0.421. The van der Waals surface area contributed by atoms with E-state index in [0.717, 1.165) is 48.6 Å². The number of anilines is 1. The van der Waals surface area contributed by atoms with Crippen LogP contribution in [0.4, 0.5) is 10.5 Å². The lowest BCUT2D eigenvalue weighted by atomic mass is 9.86. The SMILES string of the molecule is Cc1cccc(-c2sccc2NC(=O)OC2CN3CCC2CC3)c1. The van der Waals surface area contributed by atoms with Crippen LogP contribution in [0.3, 0.4) is 0 Å². The molecular weight excluding hydrogens is 320 g/mol. The maximum Gasteiger partial charge on any atom is 0.411 e. The number of thiophene rings is 1. The van der Waals surface area contributed by atoms with Crippen LogP contribution in [0.2, 0.25) is 0 Å². The summed E-state index contributed by atoms with van der Waals surface area (Å²) in [5.41, 5.74) is 3.17. The van der Waals surface area contributed by atoms with E-state index in [1.807, 2.05) is 17.5 Å². The lowest BCUT2D eigenvalue weighted by Gasteiger charge is -2.43. The molecule has 3 fully saturated rings. The third-order valence-electron chi connectivity index (χ3n) is 5.04. The van der Waals surface area contributed by atoms with Crippen molar-refractivity contribution < 1.29 is 9.53 Å². The summed E-state index contributed by atoms with van der Waals surface area (Å²) in [6, 6.07) is 10.3. The number of benzene rings is 1. The number of carbonyl (C=O) groups is 1. The molecule has 4 heterocycles. The Labute approximate surface area is 146 Å². The standard InChI is InChI=1S/C19H22N2O2S/c1-13-3-2-4-15(11-13)18-16(7-10-24-18)20-19(22)23-17-12-21-8-5-14(17)6-9-21/h2-4,7,10-11,14,17H,5-6,8-9,12H2,1H3,(H,20,22). The first-order valence-electron chi connectivity index (χ1n) is 8.53. The summed E-state index contributed by atoms with van der Waals surface area (Å²) in [4.78, 5) is 15.8. The predicted octanol–water partition coefficient (Wildman–Crippen LogP) is 4.37. The topological polar surface area (TPSA) is 41.6 Å². The zero-order chi connectivity index (χ0) is 16.5. The van der Waals surface area contributed by atoms with Crippen molar-refractivity contribution in [2.24, 2.45) is 5.92 Å². The van der Waals surface area contributed by atoms with Crippen LogP contribution in [0.15, 0.2) is 35.7 Å². The van der Waals surface area contributed by atoms with Gasteiger partial charge in [-0.05, 0) is 55.8 Å². The van der Waals surface area contributed by atoms with Crippen LogP contribution in [0.1, 0.15) is 18.4 Å². The van der Waals surface area contributed by atoms with Crippen molar-refractivity contribution in [3.8, 4) is 10.4 Å². The van der Waals surface area contributed by atoms with Gasteiger partial charge >= 0.3 is 6.09 Å². The third-order valence-corrected chi connectivity index (χ3v) is 6.00. The monoisotopic (exact) mass is 342 g/mol. The van der Waals surface area contributed by atoms with Crippen LogP contribution >= 0.6 is 11.3 Å². The van der Waals surface area contributed by atoms with Gasteiger partial charge in [-0.1, -0.05) is 29.8 Å². The summed E-state index contributed by atoms with van der Waals surface area (Å²) in [5.74, 6) is 0.527.